The summed E-state index contributed by atoms with van der Waals surface area (Å²) in [6.45, 7) is 3.31. The van der Waals surface area contributed by atoms with Gasteiger partial charge in [-0.2, -0.15) is 13.2 Å². The lowest BCUT2D eigenvalue weighted by atomic mass is 10.1. The summed E-state index contributed by atoms with van der Waals surface area (Å²) in [5.74, 6) is -0.548. The second-order valence-corrected chi connectivity index (χ2v) is 4.72. The number of nitrogens with zero attached hydrogens (tertiary/aromatic N) is 1. The number of alkyl halides is 3. The molecule has 1 amide bonds. The number of hydrogen-bond donors (Lipinski definition) is 2. The van der Waals surface area contributed by atoms with Crippen molar-refractivity contribution in [1.29, 1.82) is 0 Å². The first-order valence-corrected chi connectivity index (χ1v) is 6.12. The monoisotopic (exact) mass is 325 g/mol. The summed E-state index contributed by atoms with van der Waals surface area (Å²) >= 11 is 0. The van der Waals surface area contributed by atoms with Crippen LogP contribution in [0.25, 0.3) is 0 Å². The minimum atomic E-state index is -4.63. The second-order valence-electron chi connectivity index (χ2n) is 4.72. The topological polar surface area (TPSA) is 65.2 Å². The molecule has 1 aromatic heterocycles. The lowest BCUT2D eigenvalue weighted by molar-refractivity contribution is -0.141. The zero-order valence-corrected chi connectivity index (χ0v) is 12.0. The van der Waals surface area contributed by atoms with Gasteiger partial charge in [-0.1, -0.05) is 0 Å². The fourth-order valence-corrected chi connectivity index (χ4v) is 2.09. The Kier molecular flexibility index (Phi) is 5.41. The highest BCUT2D eigenvalue weighted by molar-refractivity contribution is 5.94. The molecule has 0 aromatic carbocycles. The fourth-order valence-electron chi connectivity index (χ4n) is 2.09. The van der Waals surface area contributed by atoms with Crippen LogP contribution in [0.4, 0.5) is 13.2 Å². The van der Waals surface area contributed by atoms with E-state index in [1.807, 2.05) is 6.92 Å². The number of carbonyl (C=O) groups is 1. The highest BCUT2D eigenvalue weighted by Crippen LogP contribution is 2.26. The maximum absolute atomic E-state index is 12.4. The van der Waals surface area contributed by atoms with Gasteiger partial charge in [0.2, 0.25) is 0 Å². The number of aromatic nitrogens is 1. The Morgan fingerprint density at radius 3 is 2.57 bits per heavy atom. The summed E-state index contributed by atoms with van der Waals surface area (Å²) in [7, 11) is 0. The molecular formula is C12H15ClF3N3O2. The zero-order valence-electron chi connectivity index (χ0n) is 11.2. The third-order valence-electron chi connectivity index (χ3n) is 3.10. The fraction of sp³-hybridized carbons (Fsp3) is 0.500. The minimum absolute atomic E-state index is 0. The van der Waals surface area contributed by atoms with E-state index >= 15 is 0 Å². The summed E-state index contributed by atoms with van der Waals surface area (Å²) in [6, 6.07) is 1.72. The van der Waals surface area contributed by atoms with Gasteiger partial charge in [0.15, 0.2) is 0 Å². The number of halogens is 4. The summed E-state index contributed by atoms with van der Waals surface area (Å²) < 4.78 is 37.3. The van der Waals surface area contributed by atoms with Crippen LogP contribution in [0, 0.1) is 0 Å². The van der Waals surface area contributed by atoms with Crippen LogP contribution >= 0.6 is 12.4 Å². The van der Waals surface area contributed by atoms with Crippen molar-refractivity contribution >= 4 is 18.3 Å². The number of aromatic amines is 1. The molecule has 2 heterocycles. The highest BCUT2D eigenvalue weighted by Gasteiger charge is 2.33. The average Bonchev–Trinajstić information content (AvgIpc) is 2.36. The lowest BCUT2D eigenvalue weighted by Gasteiger charge is -2.31. The molecule has 1 aliphatic rings. The first-order chi connectivity index (χ1) is 9.29. The molecule has 1 aliphatic heterocycles. The number of carbonyl (C=O) groups excluding carboxylic acids is 1. The standard InChI is InChI=1S/C12H14F3N3O2.ClH/c1-7-6-18(5-4-16-7)11(20)8-2-3-9(12(13,14)15)17-10(8)19;/h2-3,7,16H,4-6H2,1H3,(H,17,19);1H. The molecule has 2 rings (SSSR count). The van der Waals surface area contributed by atoms with Gasteiger partial charge in [0.25, 0.3) is 11.5 Å². The summed E-state index contributed by atoms with van der Waals surface area (Å²) in [4.78, 5) is 26.9. The number of nitrogens with one attached hydrogen (secondary N) is 2. The van der Waals surface area contributed by atoms with Crippen molar-refractivity contribution in [2.24, 2.45) is 0 Å². The van der Waals surface area contributed by atoms with Crippen molar-refractivity contribution in [3.8, 4) is 0 Å². The van der Waals surface area contributed by atoms with E-state index < -0.39 is 23.3 Å². The van der Waals surface area contributed by atoms with E-state index in [-0.39, 0.29) is 24.0 Å². The van der Waals surface area contributed by atoms with Crippen LogP contribution in [-0.2, 0) is 6.18 Å². The number of hydrogen-bond acceptors (Lipinski definition) is 3. The Balaban J connectivity index is 0.00000220. The van der Waals surface area contributed by atoms with E-state index in [1.54, 1.807) is 4.98 Å². The molecule has 9 heteroatoms. The summed E-state index contributed by atoms with van der Waals surface area (Å²) in [6.07, 6.45) is -4.63. The number of piperazine rings is 1. The molecule has 118 valence electrons. The molecule has 5 nitrogen and oxygen atoms in total. The van der Waals surface area contributed by atoms with Crippen LogP contribution in [-0.4, -0.2) is 41.5 Å². The van der Waals surface area contributed by atoms with Gasteiger partial charge in [0.1, 0.15) is 11.3 Å². The van der Waals surface area contributed by atoms with Crippen molar-refractivity contribution in [3.63, 3.8) is 0 Å². The lowest BCUT2D eigenvalue weighted by Crippen LogP contribution is -2.52. The van der Waals surface area contributed by atoms with Gasteiger partial charge < -0.3 is 15.2 Å². The first kappa shape index (κ1) is 17.5. The highest BCUT2D eigenvalue weighted by atomic mass is 35.5. The Morgan fingerprint density at radius 2 is 2.05 bits per heavy atom. The molecule has 1 fully saturated rings. The molecule has 2 N–H and O–H groups in total. The number of H-pyrrole nitrogens is 1. The SMILES string of the molecule is CC1CN(C(=O)c2ccc(C(F)(F)F)[nH]c2=O)CCN1.Cl. The van der Waals surface area contributed by atoms with E-state index in [0.717, 1.165) is 6.07 Å². The van der Waals surface area contributed by atoms with E-state index in [1.165, 1.54) is 4.90 Å². The van der Waals surface area contributed by atoms with Gasteiger partial charge in [-0.3, -0.25) is 9.59 Å². The normalized spacial score (nSPS) is 19.0. The molecule has 0 bridgehead atoms. The molecule has 1 atom stereocenters. The van der Waals surface area contributed by atoms with Gasteiger partial charge in [0.05, 0.1) is 0 Å². The molecule has 0 spiro atoms. The Hall–Kier alpha value is -1.54. The van der Waals surface area contributed by atoms with Gasteiger partial charge in [-0.15, -0.1) is 12.4 Å². The molecular weight excluding hydrogens is 311 g/mol. The predicted octanol–water partition coefficient (Wildman–Crippen LogP) is 1.25. The maximum atomic E-state index is 12.4. The third-order valence-corrected chi connectivity index (χ3v) is 3.10. The average molecular weight is 326 g/mol. The molecule has 1 unspecified atom stereocenters. The zero-order chi connectivity index (χ0) is 14.9. The van der Waals surface area contributed by atoms with Crippen molar-refractivity contribution in [3.05, 3.63) is 33.7 Å². The number of pyridine rings is 1. The second kappa shape index (κ2) is 6.48. The Morgan fingerprint density at radius 1 is 1.38 bits per heavy atom. The van der Waals surface area contributed by atoms with Crippen LogP contribution in [0.5, 0.6) is 0 Å². The number of amides is 1. The van der Waals surface area contributed by atoms with Gasteiger partial charge in [-0.25, -0.2) is 0 Å². The van der Waals surface area contributed by atoms with Gasteiger partial charge in [0, 0.05) is 25.7 Å². The summed E-state index contributed by atoms with van der Waals surface area (Å²) in [5, 5.41) is 3.13. The smallest absolute Gasteiger partial charge is 0.336 e. The van der Waals surface area contributed by atoms with Crippen molar-refractivity contribution in [2.45, 2.75) is 19.1 Å². The molecule has 0 saturated carbocycles. The predicted molar refractivity (Wildman–Crippen MR) is 72.7 cm³/mol. The Labute approximate surface area is 124 Å². The van der Waals surface area contributed by atoms with Crippen LogP contribution in [0.2, 0.25) is 0 Å². The minimum Gasteiger partial charge on any atom is -0.336 e. The van der Waals surface area contributed by atoms with Gasteiger partial charge in [-0.05, 0) is 19.1 Å². The molecule has 0 aliphatic carbocycles. The van der Waals surface area contributed by atoms with E-state index in [9.17, 15) is 22.8 Å². The quantitative estimate of drug-likeness (QED) is 0.817. The van der Waals surface area contributed by atoms with Crippen LogP contribution in [0.3, 0.4) is 0 Å². The van der Waals surface area contributed by atoms with Crippen molar-refractivity contribution < 1.29 is 18.0 Å². The first-order valence-electron chi connectivity index (χ1n) is 6.12. The van der Waals surface area contributed by atoms with E-state index in [0.29, 0.717) is 25.7 Å². The molecule has 1 aromatic rings. The van der Waals surface area contributed by atoms with Crippen LogP contribution in [0.15, 0.2) is 16.9 Å². The molecule has 0 radical (unpaired) electrons. The van der Waals surface area contributed by atoms with Crippen molar-refractivity contribution in [2.75, 3.05) is 19.6 Å². The molecule has 1 saturated heterocycles. The van der Waals surface area contributed by atoms with Gasteiger partial charge >= 0.3 is 6.18 Å². The van der Waals surface area contributed by atoms with Crippen LogP contribution in [0.1, 0.15) is 23.0 Å². The summed E-state index contributed by atoms with van der Waals surface area (Å²) in [5.41, 5.74) is -2.45. The molecule has 21 heavy (non-hydrogen) atoms. The van der Waals surface area contributed by atoms with Crippen LogP contribution < -0.4 is 10.9 Å². The third kappa shape index (κ3) is 3.98. The van der Waals surface area contributed by atoms with Crippen molar-refractivity contribution in [1.82, 2.24) is 15.2 Å². The van der Waals surface area contributed by atoms with E-state index in [2.05, 4.69) is 5.32 Å². The number of rotatable bonds is 1. The Bertz CT molecular complexity index is 574. The maximum Gasteiger partial charge on any atom is 0.431 e. The largest absolute Gasteiger partial charge is 0.431 e. The van der Waals surface area contributed by atoms with E-state index in [4.69, 9.17) is 0 Å².